The van der Waals surface area contributed by atoms with E-state index in [4.69, 9.17) is 9.84 Å². The van der Waals surface area contributed by atoms with E-state index in [0.717, 1.165) is 6.42 Å². The lowest BCUT2D eigenvalue weighted by atomic mass is 9.74. The Morgan fingerprint density at radius 3 is 2.79 bits per heavy atom. The number of carboxylic acid groups (broad SMARTS) is 1. The highest BCUT2D eigenvalue weighted by molar-refractivity contribution is 5.95. The Bertz CT molecular complexity index is 792. The first-order chi connectivity index (χ1) is 11.5. The number of aromatic nitrogens is 2. The summed E-state index contributed by atoms with van der Waals surface area (Å²) in [5, 5.41) is 12.0. The summed E-state index contributed by atoms with van der Waals surface area (Å²) >= 11 is 0. The zero-order valence-corrected chi connectivity index (χ0v) is 13.8. The number of imidazole rings is 1. The number of ether oxygens (including phenoxy) is 1. The maximum absolute atomic E-state index is 12.8. The van der Waals surface area contributed by atoms with Crippen molar-refractivity contribution in [3.63, 3.8) is 0 Å². The maximum Gasteiger partial charge on any atom is 0.305 e. The Labute approximate surface area is 139 Å². The number of nitrogens with zero attached hydrogens (tertiary/aromatic N) is 2. The standard InChI is InChI=1S/C17H21N3O4/c1-3-24-12-6-4-9-20-14(11(2)18-15(12)20)16(23)19-17(7-5-8-17)10-13(21)22/h4,6,9H,3,5,7-8,10H2,1-2H3,(H,19,23)(H,21,22). The van der Waals surface area contributed by atoms with Crippen molar-refractivity contribution in [2.45, 2.75) is 45.1 Å². The molecule has 7 heteroatoms. The van der Waals surface area contributed by atoms with Gasteiger partial charge in [-0.15, -0.1) is 0 Å². The van der Waals surface area contributed by atoms with Gasteiger partial charge in [0.2, 0.25) is 0 Å². The molecular weight excluding hydrogens is 310 g/mol. The van der Waals surface area contributed by atoms with Crippen LogP contribution in [0.4, 0.5) is 0 Å². The average molecular weight is 331 g/mol. The maximum atomic E-state index is 12.8. The number of rotatable bonds is 6. The van der Waals surface area contributed by atoms with Gasteiger partial charge in [-0.05, 0) is 45.2 Å². The number of amides is 1. The Morgan fingerprint density at radius 2 is 2.21 bits per heavy atom. The van der Waals surface area contributed by atoms with Gasteiger partial charge in [0, 0.05) is 6.20 Å². The van der Waals surface area contributed by atoms with Gasteiger partial charge < -0.3 is 15.2 Å². The number of carbonyl (C=O) groups is 2. The molecule has 0 atom stereocenters. The molecule has 1 saturated carbocycles. The van der Waals surface area contributed by atoms with E-state index >= 15 is 0 Å². The zero-order valence-electron chi connectivity index (χ0n) is 13.8. The Hall–Kier alpha value is -2.57. The van der Waals surface area contributed by atoms with Gasteiger partial charge in [0.1, 0.15) is 5.69 Å². The predicted octanol–water partition coefficient (Wildman–Crippen LogP) is 2.17. The lowest BCUT2D eigenvalue weighted by Gasteiger charge is -2.41. The normalized spacial score (nSPS) is 15.8. The van der Waals surface area contributed by atoms with Crippen LogP contribution in [0.25, 0.3) is 5.65 Å². The van der Waals surface area contributed by atoms with Crippen molar-refractivity contribution in [1.29, 1.82) is 0 Å². The third kappa shape index (κ3) is 2.81. The van der Waals surface area contributed by atoms with Crippen LogP contribution in [-0.2, 0) is 4.79 Å². The smallest absolute Gasteiger partial charge is 0.305 e. The third-order valence-electron chi connectivity index (χ3n) is 4.48. The van der Waals surface area contributed by atoms with Gasteiger partial charge in [-0.1, -0.05) is 0 Å². The quantitative estimate of drug-likeness (QED) is 0.846. The molecular formula is C17H21N3O4. The zero-order chi connectivity index (χ0) is 17.3. The minimum Gasteiger partial charge on any atom is -0.490 e. The molecule has 0 unspecified atom stereocenters. The predicted molar refractivity (Wildman–Crippen MR) is 87.4 cm³/mol. The molecule has 0 spiro atoms. The third-order valence-corrected chi connectivity index (χ3v) is 4.48. The van der Waals surface area contributed by atoms with Crippen LogP contribution in [0.5, 0.6) is 5.75 Å². The van der Waals surface area contributed by atoms with E-state index in [1.165, 1.54) is 0 Å². The number of carbonyl (C=O) groups excluding carboxylic acids is 1. The van der Waals surface area contributed by atoms with Crippen molar-refractivity contribution in [3.05, 3.63) is 29.7 Å². The summed E-state index contributed by atoms with van der Waals surface area (Å²) in [5.74, 6) is -0.580. The largest absolute Gasteiger partial charge is 0.490 e. The molecule has 0 radical (unpaired) electrons. The van der Waals surface area contributed by atoms with Gasteiger partial charge in [-0.25, -0.2) is 4.98 Å². The van der Waals surface area contributed by atoms with Crippen LogP contribution in [0.3, 0.4) is 0 Å². The van der Waals surface area contributed by atoms with Gasteiger partial charge in [-0.2, -0.15) is 0 Å². The number of fused-ring (bicyclic) bond motifs is 1. The molecule has 2 aromatic heterocycles. The molecule has 1 aliphatic carbocycles. The highest BCUT2D eigenvalue weighted by Crippen LogP contribution is 2.35. The average Bonchev–Trinajstić information content (AvgIpc) is 2.82. The lowest BCUT2D eigenvalue weighted by molar-refractivity contribution is -0.139. The Morgan fingerprint density at radius 1 is 1.46 bits per heavy atom. The summed E-state index contributed by atoms with van der Waals surface area (Å²) in [6.45, 7) is 4.16. The van der Waals surface area contributed by atoms with Crippen LogP contribution in [0.15, 0.2) is 18.3 Å². The fraction of sp³-hybridized carbons (Fsp3) is 0.471. The van der Waals surface area contributed by atoms with E-state index in [1.54, 1.807) is 23.6 Å². The van der Waals surface area contributed by atoms with Crippen molar-refractivity contribution in [1.82, 2.24) is 14.7 Å². The van der Waals surface area contributed by atoms with Crippen molar-refractivity contribution in [2.75, 3.05) is 6.61 Å². The number of hydrogen-bond donors (Lipinski definition) is 2. The molecule has 2 aromatic rings. The molecule has 0 aromatic carbocycles. The summed E-state index contributed by atoms with van der Waals surface area (Å²) in [6.07, 6.45) is 4.00. The van der Waals surface area contributed by atoms with E-state index in [1.807, 2.05) is 13.0 Å². The molecule has 1 aliphatic rings. The lowest BCUT2D eigenvalue weighted by Crippen LogP contribution is -2.55. The van der Waals surface area contributed by atoms with Crippen molar-refractivity contribution < 1.29 is 19.4 Å². The van der Waals surface area contributed by atoms with Gasteiger partial charge in [0.15, 0.2) is 11.4 Å². The second-order valence-corrected chi connectivity index (χ2v) is 6.20. The highest BCUT2D eigenvalue weighted by Gasteiger charge is 2.41. The fourth-order valence-electron chi connectivity index (χ4n) is 3.24. The molecule has 128 valence electrons. The number of aliphatic carboxylic acids is 1. The first kappa shape index (κ1) is 16.3. The van der Waals surface area contributed by atoms with Gasteiger partial charge in [-0.3, -0.25) is 14.0 Å². The minimum absolute atomic E-state index is 0.0568. The number of carboxylic acids is 1. The SMILES string of the molecule is CCOc1cccn2c(C(=O)NC3(CC(=O)O)CCC3)c(C)nc12. The molecule has 0 aliphatic heterocycles. The number of hydrogen-bond acceptors (Lipinski definition) is 4. The van der Waals surface area contributed by atoms with Crippen LogP contribution in [-0.4, -0.2) is 38.5 Å². The number of aryl methyl sites for hydroxylation is 1. The van der Waals surface area contributed by atoms with Crippen LogP contribution in [0, 0.1) is 6.92 Å². The van der Waals surface area contributed by atoms with Crippen LogP contribution in [0.1, 0.15) is 48.8 Å². The van der Waals surface area contributed by atoms with Gasteiger partial charge in [0.05, 0.1) is 24.3 Å². The Balaban J connectivity index is 1.94. The second-order valence-electron chi connectivity index (χ2n) is 6.20. The van der Waals surface area contributed by atoms with Crippen LogP contribution in [0.2, 0.25) is 0 Å². The molecule has 24 heavy (non-hydrogen) atoms. The summed E-state index contributed by atoms with van der Waals surface area (Å²) in [6, 6.07) is 3.61. The van der Waals surface area contributed by atoms with E-state index in [9.17, 15) is 9.59 Å². The molecule has 1 amide bonds. The molecule has 1 fully saturated rings. The Kier molecular flexibility index (Phi) is 4.17. The number of nitrogens with one attached hydrogen (secondary N) is 1. The first-order valence-corrected chi connectivity index (χ1v) is 8.10. The van der Waals surface area contributed by atoms with E-state index in [2.05, 4.69) is 10.3 Å². The van der Waals surface area contributed by atoms with E-state index in [-0.39, 0.29) is 12.3 Å². The molecule has 3 rings (SSSR count). The topological polar surface area (TPSA) is 92.9 Å². The highest BCUT2D eigenvalue weighted by atomic mass is 16.5. The molecule has 2 heterocycles. The van der Waals surface area contributed by atoms with Crippen molar-refractivity contribution in [2.24, 2.45) is 0 Å². The molecule has 2 N–H and O–H groups in total. The van der Waals surface area contributed by atoms with Crippen LogP contribution < -0.4 is 10.1 Å². The van der Waals surface area contributed by atoms with Gasteiger partial charge >= 0.3 is 5.97 Å². The van der Waals surface area contributed by atoms with Gasteiger partial charge in [0.25, 0.3) is 5.91 Å². The fourth-order valence-corrected chi connectivity index (χ4v) is 3.24. The van der Waals surface area contributed by atoms with Crippen LogP contribution >= 0.6 is 0 Å². The van der Waals surface area contributed by atoms with Crippen molar-refractivity contribution >= 4 is 17.5 Å². The molecule has 7 nitrogen and oxygen atoms in total. The first-order valence-electron chi connectivity index (χ1n) is 8.10. The second kappa shape index (κ2) is 6.14. The van der Waals surface area contributed by atoms with Crippen molar-refractivity contribution in [3.8, 4) is 5.75 Å². The summed E-state index contributed by atoms with van der Waals surface area (Å²) < 4.78 is 7.26. The summed E-state index contributed by atoms with van der Waals surface area (Å²) in [5.41, 5.74) is 0.951. The molecule has 0 bridgehead atoms. The number of pyridine rings is 1. The summed E-state index contributed by atoms with van der Waals surface area (Å²) in [4.78, 5) is 28.3. The molecule has 0 saturated heterocycles. The monoisotopic (exact) mass is 331 g/mol. The van der Waals surface area contributed by atoms with E-state index < -0.39 is 11.5 Å². The minimum atomic E-state index is -0.900. The summed E-state index contributed by atoms with van der Waals surface area (Å²) in [7, 11) is 0. The van der Waals surface area contributed by atoms with E-state index in [0.29, 0.717) is 42.2 Å².